The van der Waals surface area contributed by atoms with Gasteiger partial charge in [-0.1, -0.05) is 36.4 Å². The number of ether oxygens (including phenoxy) is 3. The molecule has 202 valence electrons. The van der Waals surface area contributed by atoms with Crippen LogP contribution in [0.1, 0.15) is 35.2 Å². The van der Waals surface area contributed by atoms with E-state index in [1.807, 2.05) is 43.3 Å². The van der Waals surface area contributed by atoms with Crippen molar-refractivity contribution in [2.75, 3.05) is 12.0 Å². The maximum absolute atomic E-state index is 13.5. The summed E-state index contributed by atoms with van der Waals surface area (Å²) in [6, 6.07) is 19.3. The van der Waals surface area contributed by atoms with Crippen LogP contribution in [0.25, 0.3) is 5.76 Å². The Kier molecular flexibility index (Phi) is 6.73. The number of carbonyl (C=O) groups excluding carboxylic acids is 2. The number of benzene rings is 3. The van der Waals surface area contributed by atoms with Gasteiger partial charge in [0.25, 0.3) is 5.78 Å². The molecule has 6 rings (SSSR count). The van der Waals surface area contributed by atoms with Gasteiger partial charge in [0, 0.05) is 23.6 Å². The standard InChI is InChI=1S/C31H26N2O6S/c1-18-14-22-15-21(9-10-23(22)39-18)28(34)26-27(33(30(36)29(26)35)31-32-12-13-40-31)20-8-11-24(25(16-20)37-2)38-17-19-6-4-3-5-7-19/h3-13,15-16,18,27,34H,14,17H2,1-2H3/b28-26+/t18-,27-/m1/s1. The van der Waals surface area contributed by atoms with Gasteiger partial charge in [0.2, 0.25) is 0 Å². The number of nitrogens with zero attached hydrogens (tertiary/aromatic N) is 2. The van der Waals surface area contributed by atoms with E-state index in [0.29, 0.717) is 40.8 Å². The maximum Gasteiger partial charge on any atom is 0.301 e. The number of ketones is 1. The number of rotatable bonds is 7. The molecule has 0 bridgehead atoms. The predicted molar refractivity (Wildman–Crippen MR) is 151 cm³/mol. The number of aliphatic hydroxyl groups excluding tert-OH is 1. The molecule has 2 aliphatic rings. The molecule has 4 aromatic rings. The Labute approximate surface area is 235 Å². The Bertz CT molecular complexity index is 1620. The Morgan fingerprint density at radius 2 is 1.93 bits per heavy atom. The molecule has 0 unspecified atom stereocenters. The molecule has 1 saturated heterocycles. The van der Waals surface area contributed by atoms with Crippen molar-refractivity contribution in [1.82, 2.24) is 4.98 Å². The molecular weight excluding hydrogens is 528 g/mol. The first kappa shape index (κ1) is 25.6. The number of carbonyl (C=O) groups is 2. The fourth-order valence-corrected chi connectivity index (χ4v) is 5.78. The minimum atomic E-state index is -0.924. The average molecular weight is 555 g/mol. The lowest BCUT2D eigenvalue weighted by Crippen LogP contribution is -2.29. The average Bonchev–Trinajstić information content (AvgIpc) is 3.69. The van der Waals surface area contributed by atoms with Gasteiger partial charge in [0.1, 0.15) is 24.2 Å². The molecule has 8 nitrogen and oxygen atoms in total. The smallest absolute Gasteiger partial charge is 0.301 e. The van der Waals surface area contributed by atoms with Gasteiger partial charge in [-0.05, 0) is 53.9 Å². The first-order valence-corrected chi connectivity index (χ1v) is 13.7. The van der Waals surface area contributed by atoms with Crippen LogP contribution in [0.4, 0.5) is 5.13 Å². The monoisotopic (exact) mass is 554 g/mol. The van der Waals surface area contributed by atoms with Crippen molar-refractivity contribution in [2.24, 2.45) is 0 Å². The van der Waals surface area contributed by atoms with E-state index >= 15 is 0 Å². The van der Waals surface area contributed by atoms with E-state index in [1.54, 1.807) is 41.9 Å². The number of hydrogen-bond donors (Lipinski definition) is 1. The number of aliphatic hydroxyl groups is 1. The highest BCUT2D eigenvalue weighted by Gasteiger charge is 2.48. The number of methoxy groups -OCH3 is 1. The van der Waals surface area contributed by atoms with Crippen LogP contribution >= 0.6 is 11.3 Å². The summed E-state index contributed by atoms with van der Waals surface area (Å²) in [7, 11) is 1.53. The summed E-state index contributed by atoms with van der Waals surface area (Å²) in [6.45, 7) is 2.31. The number of aromatic nitrogens is 1. The van der Waals surface area contributed by atoms with Crippen LogP contribution in [0.2, 0.25) is 0 Å². The summed E-state index contributed by atoms with van der Waals surface area (Å²) < 4.78 is 17.4. The van der Waals surface area contributed by atoms with E-state index < -0.39 is 17.7 Å². The number of fused-ring (bicyclic) bond motifs is 1. The van der Waals surface area contributed by atoms with Gasteiger partial charge in [-0.25, -0.2) is 4.98 Å². The summed E-state index contributed by atoms with van der Waals surface area (Å²) in [5.41, 5.74) is 2.92. The minimum absolute atomic E-state index is 0.0212. The lowest BCUT2D eigenvalue weighted by Gasteiger charge is -2.24. The summed E-state index contributed by atoms with van der Waals surface area (Å²) in [6.07, 6.45) is 2.28. The maximum atomic E-state index is 13.5. The van der Waals surface area contributed by atoms with E-state index in [-0.39, 0.29) is 17.4 Å². The largest absolute Gasteiger partial charge is 0.507 e. The third kappa shape index (κ3) is 4.58. The van der Waals surface area contributed by atoms with Crippen LogP contribution in [0.5, 0.6) is 17.2 Å². The number of anilines is 1. The van der Waals surface area contributed by atoms with Crippen LogP contribution in [0, 0.1) is 0 Å². The Morgan fingerprint density at radius 1 is 1.10 bits per heavy atom. The van der Waals surface area contributed by atoms with Gasteiger partial charge in [-0.15, -0.1) is 11.3 Å². The van der Waals surface area contributed by atoms with Crippen molar-refractivity contribution < 1.29 is 28.9 Å². The molecule has 0 spiro atoms. The van der Waals surface area contributed by atoms with E-state index in [2.05, 4.69) is 4.98 Å². The van der Waals surface area contributed by atoms with Gasteiger partial charge in [0.15, 0.2) is 16.6 Å². The number of hydrogen-bond acceptors (Lipinski definition) is 8. The summed E-state index contributed by atoms with van der Waals surface area (Å²) in [5.74, 6) is -0.113. The van der Waals surface area contributed by atoms with Crippen molar-refractivity contribution in [3.8, 4) is 17.2 Å². The molecule has 9 heteroatoms. The van der Waals surface area contributed by atoms with Gasteiger partial charge in [-0.2, -0.15) is 0 Å². The van der Waals surface area contributed by atoms with Crippen molar-refractivity contribution in [3.63, 3.8) is 0 Å². The normalized spacial score (nSPS) is 19.4. The lowest BCUT2D eigenvalue weighted by atomic mass is 9.94. The molecule has 40 heavy (non-hydrogen) atoms. The first-order chi connectivity index (χ1) is 19.4. The molecule has 1 N–H and O–H groups in total. The molecule has 3 aromatic carbocycles. The van der Waals surface area contributed by atoms with Crippen LogP contribution in [0.3, 0.4) is 0 Å². The minimum Gasteiger partial charge on any atom is -0.507 e. The molecule has 2 atom stereocenters. The van der Waals surface area contributed by atoms with Crippen molar-refractivity contribution >= 4 is 33.9 Å². The molecule has 0 radical (unpaired) electrons. The van der Waals surface area contributed by atoms with Gasteiger partial charge in [-0.3, -0.25) is 14.5 Å². The molecular formula is C31H26N2O6S. The lowest BCUT2D eigenvalue weighted by molar-refractivity contribution is -0.132. The van der Waals surface area contributed by atoms with E-state index in [4.69, 9.17) is 14.2 Å². The van der Waals surface area contributed by atoms with Crippen molar-refractivity contribution in [2.45, 2.75) is 32.1 Å². The predicted octanol–water partition coefficient (Wildman–Crippen LogP) is 5.68. The van der Waals surface area contributed by atoms with Crippen molar-refractivity contribution in [1.29, 1.82) is 0 Å². The van der Waals surface area contributed by atoms with Crippen LogP contribution < -0.4 is 19.1 Å². The molecule has 3 heterocycles. The van der Waals surface area contributed by atoms with Gasteiger partial charge < -0.3 is 19.3 Å². The first-order valence-electron chi connectivity index (χ1n) is 12.8. The fourth-order valence-electron chi connectivity index (χ4n) is 5.11. The molecule has 2 aliphatic heterocycles. The zero-order chi connectivity index (χ0) is 27.8. The van der Waals surface area contributed by atoms with E-state index in [1.165, 1.54) is 23.3 Å². The molecule has 0 saturated carbocycles. The van der Waals surface area contributed by atoms with Gasteiger partial charge in [0.05, 0.1) is 18.7 Å². The fraction of sp³-hybridized carbons (Fsp3) is 0.194. The van der Waals surface area contributed by atoms with Gasteiger partial charge >= 0.3 is 5.91 Å². The second-order valence-corrected chi connectivity index (χ2v) is 10.5. The third-order valence-corrected chi connectivity index (χ3v) is 7.75. The highest BCUT2D eigenvalue weighted by molar-refractivity contribution is 7.14. The topological polar surface area (TPSA) is 98.2 Å². The zero-order valence-electron chi connectivity index (χ0n) is 21.9. The second-order valence-electron chi connectivity index (χ2n) is 9.62. The Balaban J connectivity index is 1.43. The van der Waals surface area contributed by atoms with Crippen molar-refractivity contribution in [3.05, 3.63) is 106 Å². The third-order valence-electron chi connectivity index (χ3n) is 6.98. The summed E-state index contributed by atoms with van der Waals surface area (Å²) in [4.78, 5) is 32.5. The zero-order valence-corrected chi connectivity index (χ0v) is 22.7. The highest BCUT2D eigenvalue weighted by Crippen LogP contribution is 2.45. The Hall–Kier alpha value is -4.63. The number of thiazole rings is 1. The molecule has 0 aliphatic carbocycles. The number of Topliss-reactive ketones (excluding diaryl/α,β-unsaturated/α-hetero) is 1. The second kappa shape index (κ2) is 10.5. The molecule has 1 aromatic heterocycles. The molecule has 1 amide bonds. The van der Waals surface area contributed by atoms with E-state index in [0.717, 1.165) is 16.9 Å². The van der Waals surface area contributed by atoms with E-state index in [9.17, 15) is 14.7 Å². The van der Waals surface area contributed by atoms with Crippen LogP contribution in [0.15, 0.2) is 83.9 Å². The SMILES string of the molecule is COc1cc([C@@H]2/C(=C(\O)c3ccc4c(c3)C[C@@H](C)O4)C(=O)C(=O)N2c2nccs2)ccc1OCc1ccccc1. The molecule has 1 fully saturated rings. The number of amides is 1. The summed E-state index contributed by atoms with van der Waals surface area (Å²) in [5, 5.41) is 13.6. The van der Waals surface area contributed by atoms with Crippen LogP contribution in [-0.4, -0.2) is 35.0 Å². The summed E-state index contributed by atoms with van der Waals surface area (Å²) >= 11 is 1.23. The quantitative estimate of drug-likeness (QED) is 0.178. The highest BCUT2D eigenvalue weighted by atomic mass is 32.1. The van der Waals surface area contributed by atoms with Crippen LogP contribution in [-0.2, 0) is 22.6 Å². The Morgan fingerprint density at radius 3 is 2.67 bits per heavy atom.